The van der Waals surface area contributed by atoms with E-state index in [0.717, 1.165) is 5.75 Å². The molecule has 0 spiro atoms. The highest BCUT2D eigenvalue weighted by atomic mass is 32.2. The summed E-state index contributed by atoms with van der Waals surface area (Å²) in [7, 11) is 1.29. The lowest BCUT2D eigenvalue weighted by molar-refractivity contribution is -0.386. The Morgan fingerprint density at radius 2 is 2.05 bits per heavy atom. The van der Waals surface area contributed by atoms with E-state index in [1.165, 1.54) is 35.7 Å². The van der Waals surface area contributed by atoms with Gasteiger partial charge >= 0.3 is 5.69 Å². The third-order valence-corrected chi connectivity index (χ3v) is 6.32. The van der Waals surface area contributed by atoms with Gasteiger partial charge in [-0.05, 0) is 43.4 Å². The Morgan fingerprint density at radius 3 is 2.73 bits per heavy atom. The van der Waals surface area contributed by atoms with Gasteiger partial charge in [0, 0.05) is 11.8 Å². The summed E-state index contributed by atoms with van der Waals surface area (Å²) in [4.78, 5) is 29.3. The molecule has 1 aliphatic heterocycles. The number of ether oxygens (including phenoxy) is 2. The third-order valence-electron chi connectivity index (χ3n) is 5.60. The number of carbonyl (C=O) groups excluding carboxylic acids is 1. The van der Waals surface area contributed by atoms with Gasteiger partial charge in [0.15, 0.2) is 5.75 Å². The van der Waals surface area contributed by atoms with E-state index in [1.807, 2.05) is 13.8 Å². The van der Waals surface area contributed by atoms with E-state index in [2.05, 4.69) is 20.7 Å². The van der Waals surface area contributed by atoms with Crippen molar-refractivity contribution in [3.05, 3.63) is 63.3 Å². The van der Waals surface area contributed by atoms with Gasteiger partial charge in [-0.15, -0.1) is 5.10 Å². The first-order valence-corrected chi connectivity index (χ1v) is 12.4. The van der Waals surface area contributed by atoms with Gasteiger partial charge in [-0.1, -0.05) is 30.8 Å². The number of fused-ring (bicyclic) bond motifs is 1. The average Bonchev–Trinajstić information content (AvgIpc) is 3.26. The molecule has 13 heteroatoms. The SMILES string of the molecule is CCOc1ccccc1NC(=O)C1=C(C)Nc2nc(SCC)nn2C1c1cc(OC)c(O)c([N+](=O)[O-])c1. The van der Waals surface area contributed by atoms with Crippen LogP contribution in [0.25, 0.3) is 0 Å². The Balaban J connectivity index is 1.87. The number of thioether (sulfide) groups is 1. The van der Waals surface area contributed by atoms with Crippen molar-refractivity contribution in [1.82, 2.24) is 14.8 Å². The lowest BCUT2D eigenvalue weighted by Crippen LogP contribution is -2.31. The standard InChI is InChI=1S/C24H26N6O6S/c1-5-36-17-10-8-7-9-15(17)26-22(32)19-13(3)25-23-27-24(37-6-2)28-29(23)20(19)14-11-16(30(33)34)21(31)18(12-14)35-4/h7-12,20,31H,5-6H2,1-4H3,(H,26,32)(H,25,27,28). The van der Waals surface area contributed by atoms with Crippen molar-refractivity contribution in [2.24, 2.45) is 0 Å². The molecular weight excluding hydrogens is 500 g/mol. The number of benzene rings is 2. The molecule has 2 heterocycles. The molecule has 2 aromatic carbocycles. The Kier molecular flexibility index (Phi) is 7.53. The fourth-order valence-electron chi connectivity index (χ4n) is 4.03. The van der Waals surface area contributed by atoms with Crippen LogP contribution >= 0.6 is 11.8 Å². The largest absolute Gasteiger partial charge is 0.500 e. The maximum atomic E-state index is 13.8. The number of para-hydroxylation sites is 2. The number of allylic oxidation sites excluding steroid dienone is 1. The average molecular weight is 527 g/mol. The number of hydrogen-bond acceptors (Lipinski definition) is 10. The number of amides is 1. The minimum atomic E-state index is -0.914. The lowest BCUT2D eigenvalue weighted by Gasteiger charge is -2.29. The zero-order valence-corrected chi connectivity index (χ0v) is 21.5. The molecule has 0 bridgehead atoms. The fraction of sp³-hybridized carbons (Fsp3) is 0.292. The number of aromatic hydroxyl groups is 1. The van der Waals surface area contributed by atoms with Crippen LogP contribution in [0.1, 0.15) is 32.4 Å². The highest BCUT2D eigenvalue weighted by Gasteiger charge is 2.36. The van der Waals surface area contributed by atoms with Crippen molar-refractivity contribution in [3.8, 4) is 17.2 Å². The molecule has 1 aliphatic rings. The van der Waals surface area contributed by atoms with Gasteiger partial charge in [-0.2, -0.15) is 4.98 Å². The van der Waals surface area contributed by atoms with E-state index in [9.17, 15) is 20.0 Å². The lowest BCUT2D eigenvalue weighted by atomic mass is 9.94. The van der Waals surface area contributed by atoms with Crippen molar-refractivity contribution in [2.75, 3.05) is 30.1 Å². The van der Waals surface area contributed by atoms with Gasteiger partial charge < -0.3 is 25.2 Å². The van der Waals surface area contributed by atoms with Crippen molar-refractivity contribution in [2.45, 2.75) is 32.0 Å². The molecule has 0 saturated carbocycles. The second-order valence-electron chi connectivity index (χ2n) is 7.89. The van der Waals surface area contributed by atoms with Crippen LogP contribution in [0.15, 0.2) is 52.8 Å². The number of anilines is 2. The monoisotopic (exact) mass is 526 g/mol. The Bertz CT molecular complexity index is 1390. The van der Waals surface area contributed by atoms with Gasteiger partial charge in [0.2, 0.25) is 16.9 Å². The summed E-state index contributed by atoms with van der Waals surface area (Å²) in [5.74, 6) is 0.417. The summed E-state index contributed by atoms with van der Waals surface area (Å²) in [6, 6.07) is 8.78. The molecule has 194 valence electrons. The summed E-state index contributed by atoms with van der Waals surface area (Å²) >= 11 is 1.41. The van der Waals surface area contributed by atoms with Crippen LogP contribution < -0.4 is 20.1 Å². The quantitative estimate of drug-likeness (QED) is 0.208. The molecule has 1 unspecified atom stereocenters. The minimum absolute atomic E-state index is 0.105. The summed E-state index contributed by atoms with van der Waals surface area (Å²) in [5, 5.41) is 33.1. The second-order valence-corrected chi connectivity index (χ2v) is 9.12. The molecule has 1 aromatic heterocycles. The van der Waals surface area contributed by atoms with E-state index in [4.69, 9.17) is 9.47 Å². The highest BCUT2D eigenvalue weighted by Crippen LogP contribution is 2.43. The molecule has 1 atom stereocenters. The van der Waals surface area contributed by atoms with Crippen LogP contribution in [-0.2, 0) is 4.79 Å². The van der Waals surface area contributed by atoms with Crippen LogP contribution in [0.2, 0.25) is 0 Å². The van der Waals surface area contributed by atoms with Crippen LogP contribution in [0.3, 0.4) is 0 Å². The maximum absolute atomic E-state index is 13.8. The van der Waals surface area contributed by atoms with Crippen molar-refractivity contribution >= 4 is 35.0 Å². The normalized spacial score (nSPS) is 14.5. The number of nitrogens with one attached hydrogen (secondary N) is 2. The van der Waals surface area contributed by atoms with Gasteiger partial charge in [0.05, 0.1) is 29.9 Å². The number of nitro groups is 1. The molecular formula is C24H26N6O6S. The number of hydrogen-bond donors (Lipinski definition) is 3. The first kappa shape index (κ1) is 25.8. The van der Waals surface area contributed by atoms with Gasteiger partial charge in [-0.3, -0.25) is 14.9 Å². The number of phenolic OH excluding ortho intramolecular Hbond substituents is 1. The van der Waals surface area contributed by atoms with Crippen molar-refractivity contribution in [3.63, 3.8) is 0 Å². The topological polar surface area (TPSA) is 154 Å². The van der Waals surface area contributed by atoms with Gasteiger partial charge in [0.1, 0.15) is 11.8 Å². The zero-order chi connectivity index (χ0) is 26.7. The van der Waals surface area contributed by atoms with Crippen LogP contribution in [0.4, 0.5) is 17.3 Å². The van der Waals surface area contributed by atoms with Crippen LogP contribution in [0.5, 0.6) is 17.2 Å². The van der Waals surface area contributed by atoms with Crippen molar-refractivity contribution < 1.29 is 24.3 Å². The maximum Gasteiger partial charge on any atom is 0.315 e. The van der Waals surface area contributed by atoms with E-state index in [1.54, 1.807) is 31.2 Å². The number of methoxy groups -OCH3 is 1. The third kappa shape index (κ3) is 5.03. The van der Waals surface area contributed by atoms with Gasteiger partial charge in [-0.25, -0.2) is 4.68 Å². The molecule has 4 rings (SSSR count). The molecule has 1 amide bonds. The molecule has 0 saturated heterocycles. The van der Waals surface area contributed by atoms with E-state index in [-0.39, 0.29) is 11.3 Å². The van der Waals surface area contributed by atoms with E-state index in [0.29, 0.717) is 40.4 Å². The number of carbonyl (C=O) groups is 1. The van der Waals surface area contributed by atoms with E-state index < -0.39 is 28.3 Å². The molecule has 37 heavy (non-hydrogen) atoms. The number of nitro benzene ring substituents is 1. The first-order valence-electron chi connectivity index (χ1n) is 11.4. The number of aromatic nitrogens is 3. The zero-order valence-electron chi connectivity index (χ0n) is 20.6. The molecule has 0 fully saturated rings. The smallest absolute Gasteiger partial charge is 0.315 e. The Morgan fingerprint density at radius 1 is 1.30 bits per heavy atom. The molecule has 3 N–H and O–H groups in total. The van der Waals surface area contributed by atoms with Crippen LogP contribution in [0, 0.1) is 10.1 Å². The number of nitrogens with zero attached hydrogens (tertiary/aromatic N) is 4. The number of phenols is 1. The summed E-state index contributed by atoms with van der Waals surface area (Å²) in [6.07, 6.45) is 0. The summed E-state index contributed by atoms with van der Waals surface area (Å²) in [6.45, 7) is 5.93. The molecule has 0 radical (unpaired) electrons. The summed E-state index contributed by atoms with van der Waals surface area (Å²) in [5.41, 5.74) is 0.952. The minimum Gasteiger partial charge on any atom is -0.500 e. The molecule has 0 aliphatic carbocycles. The fourth-order valence-corrected chi connectivity index (χ4v) is 4.59. The predicted molar refractivity (Wildman–Crippen MR) is 138 cm³/mol. The first-order chi connectivity index (χ1) is 17.8. The molecule has 3 aromatic rings. The Hall–Kier alpha value is -4.26. The van der Waals surface area contributed by atoms with E-state index >= 15 is 0 Å². The van der Waals surface area contributed by atoms with Gasteiger partial charge in [0.25, 0.3) is 5.91 Å². The highest BCUT2D eigenvalue weighted by molar-refractivity contribution is 7.99. The Labute approximate surface area is 216 Å². The summed E-state index contributed by atoms with van der Waals surface area (Å²) < 4.78 is 12.4. The van der Waals surface area contributed by atoms with Crippen LogP contribution in [-0.4, -0.2) is 50.2 Å². The predicted octanol–water partition coefficient (Wildman–Crippen LogP) is 4.34. The number of rotatable bonds is 9. The van der Waals surface area contributed by atoms with Crippen molar-refractivity contribution in [1.29, 1.82) is 0 Å². The second kappa shape index (κ2) is 10.8. The molecule has 12 nitrogen and oxygen atoms in total.